The van der Waals surface area contributed by atoms with E-state index in [0.29, 0.717) is 12.0 Å². The third kappa shape index (κ3) is 3.30. The molecule has 0 bridgehead atoms. The second-order valence-corrected chi connectivity index (χ2v) is 9.77. The van der Waals surface area contributed by atoms with Crippen molar-refractivity contribution < 1.29 is 0 Å². The predicted octanol–water partition coefficient (Wildman–Crippen LogP) is 8.00. The van der Waals surface area contributed by atoms with Crippen LogP contribution in [0, 0.1) is 0 Å². The molecular formula is C32H31N. The van der Waals surface area contributed by atoms with Crippen molar-refractivity contribution in [3.8, 4) is 22.3 Å². The first-order valence-corrected chi connectivity index (χ1v) is 12.3. The number of nitrogens with zero attached hydrogens (tertiary/aromatic N) is 1. The maximum Gasteiger partial charge on any atom is 0.0433 e. The Morgan fingerprint density at radius 1 is 0.758 bits per heavy atom. The molecule has 1 nitrogen and oxygen atoms in total. The van der Waals surface area contributed by atoms with Crippen LogP contribution in [0.5, 0.6) is 0 Å². The number of aryl methyl sites for hydroxylation is 1. The van der Waals surface area contributed by atoms with Crippen molar-refractivity contribution in [3.63, 3.8) is 0 Å². The Labute approximate surface area is 197 Å². The van der Waals surface area contributed by atoms with E-state index in [-0.39, 0.29) is 0 Å². The van der Waals surface area contributed by atoms with E-state index in [2.05, 4.69) is 111 Å². The normalized spacial score (nSPS) is 18.2. The lowest BCUT2D eigenvalue weighted by atomic mass is 9.92. The zero-order chi connectivity index (χ0) is 22.5. The van der Waals surface area contributed by atoms with Crippen molar-refractivity contribution in [1.29, 1.82) is 0 Å². The zero-order valence-electron chi connectivity index (χ0n) is 19.8. The van der Waals surface area contributed by atoms with Crippen LogP contribution in [0.15, 0.2) is 84.9 Å². The fraction of sp³-hybridized carbons (Fsp3) is 0.250. The molecule has 1 aliphatic carbocycles. The van der Waals surface area contributed by atoms with Gasteiger partial charge in [0, 0.05) is 24.2 Å². The average molecular weight is 430 g/mol. The van der Waals surface area contributed by atoms with E-state index in [4.69, 9.17) is 0 Å². The SMILES string of the molecule is CCc1cc(CN2c3ccccc3[C@H](C)[C@@H]2C)cc(-c2cccc3c2Cc2ccccc2-3)c1. The standard InChI is InChI=1S/C32H31N/c1-4-23-16-24(20-33-22(3)21(2)27-11-7-8-15-32(27)33)18-26(17-23)29-13-9-14-30-28-12-6-5-10-25(28)19-31(29)30/h5-18,21-22H,4,19-20H2,1-3H3/t21-,22+/m1/s1. The van der Waals surface area contributed by atoms with Gasteiger partial charge in [-0.05, 0) is 82.0 Å². The third-order valence-corrected chi connectivity index (χ3v) is 7.93. The van der Waals surface area contributed by atoms with Gasteiger partial charge < -0.3 is 4.90 Å². The first kappa shape index (κ1) is 20.3. The van der Waals surface area contributed by atoms with Gasteiger partial charge in [0.15, 0.2) is 0 Å². The number of hydrogen-bond acceptors (Lipinski definition) is 1. The predicted molar refractivity (Wildman–Crippen MR) is 140 cm³/mol. The van der Waals surface area contributed by atoms with E-state index in [1.807, 2.05) is 0 Å². The van der Waals surface area contributed by atoms with E-state index >= 15 is 0 Å². The van der Waals surface area contributed by atoms with Crippen molar-refractivity contribution in [2.75, 3.05) is 4.90 Å². The van der Waals surface area contributed by atoms with Crippen molar-refractivity contribution in [2.24, 2.45) is 0 Å². The minimum atomic E-state index is 0.506. The fourth-order valence-corrected chi connectivity index (χ4v) is 5.95. The van der Waals surface area contributed by atoms with Gasteiger partial charge in [0.25, 0.3) is 0 Å². The van der Waals surface area contributed by atoms with E-state index in [0.717, 1.165) is 19.4 Å². The molecule has 33 heavy (non-hydrogen) atoms. The Bertz CT molecular complexity index is 1350. The molecule has 0 fully saturated rings. The third-order valence-electron chi connectivity index (χ3n) is 7.93. The molecule has 0 saturated carbocycles. The van der Waals surface area contributed by atoms with Gasteiger partial charge in [-0.15, -0.1) is 0 Å². The Morgan fingerprint density at radius 3 is 2.36 bits per heavy atom. The topological polar surface area (TPSA) is 3.24 Å². The van der Waals surface area contributed by atoms with Gasteiger partial charge in [0.05, 0.1) is 0 Å². The summed E-state index contributed by atoms with van der Waals surface area (Å²) in [5, 5.41) is 0. The quantitative estimate of drug-likeness (QED) is 0.280. The first-order valence-electron chi connectivity index (χ1n) is 12.3. The van der Waals surface area contributed by atoms with E-state index in [1.54, 1.807) is 0 Å². The van der Waals surface area contributed by atoms with Crippen molar-refractivity contribution >= 4 is 5.69 Å². The number of benzene rings is 4. The van der Waals surface area contributed by atoms with Crippen LogP contribution in [0.25, 0.3) is 22.3 Å². The average Bonchev–Trinajstić information content (AvgIpc) is 3.35. The number of anilines is 1. The molecule has 0 radical (unpaired) electrons. The molecule has 0 aromatic heterocycles. The van der Waals surface area contributed by atoms with Crippen LogP contribution in [-0.4, -0.2) is 6.04 Å². The minimum Gasteiger partial charge on any atom is -0.364 e. The van der Waals surface area contributed by atoms with Crippen LogP contribution in [-0.2, 0) is 19.4 Å². The molecular weight excluding hydrogens is 398 g/mol. The number of fused-ring (bicyclic) bond motifs is 4. The largest absolute Gasteiger partial charge is 0.364 e. The molecule has 1 aliphatic heterocycles. The second kappa shape index (κ2) is 7.92. The summed E-state index contributed by atoms with van der Waals surface area (Å²) in [7, 11) is 0. The van der Waals surface area contributed by atoms with E-state index < -0.39 is 0 Å². The number of hydrogen-bond donors (Lipinski definition) is 0. The van der Waals surface area contributed by atoms with Crippen LogP contribution >= 0.6 is 0 Å². The molecule has 4 aromatic carbocycles. The maximum absolute atomic E-state index is 2.60. The Hall–Kier alpha value is -3.32. The summed E-state index contributed by atoms with van der Waals surface area (Å²) >= 11 is 0. The summed E-state index contributed by atoms with van der Waals surface area (Å²) < 4.78 is 0. The molecule has 1 heteroatoms. The van der Waals surface area contributed by atoms with Gasteiger partial charge in [-0.1, -0.05) is 86.6 Å². The van der Waals surface area contributed by atoms with Crippen LogP contribution in [0.3, 0.4) is 0 Å². The zero-order valence-corrected chi connectivity index (χ0v) is 19.8. The van der Waals surface area contributed by atoms with Crippen molar-refractivity contribution in [1.82, 2.24) is 0 Å². The van der Waals surface area contributed by atoms with Crippen LogP contribution in [0.2, 0.25) is 0 Å². The summed E-state index contributed by atoms with van der Waals surface area (Å²) in [6.45, 7) is 7.96. The highest BCUT2D eigenvalue weighted by molar-refractivity contribution is 5.85. The molecule has 6 rings (SSSR count). The highest BCUT2D eigenvalue weighted by Crippen LogP contribution is 2.43. The van der Waals surface area contributed by atoms with Crippen molar-refractivity contribution in [3.05, 3.63) is 113 Å². The summed E-state index contributed by atoms with van der Waals surface area (Å²) in [5.41, 5.74) is 14.2. The van der Waals surface area contributed by atoms with Gasteiger partial charge in [0.1, 0.15) is 0 Å². The lowest BCUT2D eigenvalue weighted by Crippen LogP contribution is -2.30. The molecule has 2 aliphatic rings. The lowest BCUT2D eigenvalue weighted by molar-refractivity contribution is 0.591. The van der Waals surface area contributed by atoms with E-state index in [1.165, 1.54) is 55.8 Å². The fourth-order valence-electron chi connectivity index (χ4n) is 5.95. The van der Waals surface area contributed by atoms with Crippen LogP contribution in [0.4, 0.5) is 5.69 Å². The van der Waals surface area contributed by atoms with Gasteiger partial charge >= 0.3 is 0 Å². The minimum absolute atomic E-state index is 0.506. The molecule has 0 N–H and O–H groups in total. The highest BCUT2D eigenvalue weighted by Gasteiger charge is 2.32. The van der Waals surface area contributed by atoms with Gasteiger partial charge in [-0.3, -0.25) is 0 Å². The Kier molecular flexibility index (Phi) is 4.87. The van der Waals surface area contributed by atoms with E-state index in [9.17, 15) is 0 Å². The smallest absolute Gasteiger partial charge is 0.0433 e. The molecule has 164 valence electrons. The molecule has 0 spiro atoms. The maximum atomic E-state index is 2.60. The first-order chi connectivity index (χ1) is 16.1. The molecule has 4 aromatic rings. The Balaban J connectivity index is 1.41. The summed E-state index contributed by atoms with van der Waals surface area (Å²) in [5.74, 6) is 0.561. The molecule has 2 atom stereocenters. The lowest BCUT2D eigenvalue weighted by Gasteiger charge is -2.27. The molecule has 0 amide bonds. The Morgan fingerprint density at radius 2 is 1.48 bits per heavy atom. The summed E-state index contributed by atoms with van der Waals surface area (Å²) in [6.07, 6.45) is 2.08. The second-order valence-electron chi connectivity index (χ2n) is 9.77. The molecule has 1 heterocycles. The van der Waals surface area contributed by atoms with Gasteiger partial charge in [-0.25, -0.2) is 0 Å². The van der Waals surface area contributed by atoms with Crippen LogP contribution < -0.4 is 4.90 Å². The monoisotopic (exact) mass is 429 g/mol. The number of rotatable bonds is 4. The number of para-hydroxylation sites is 1. The molecule has 0 saturated heterocycles. The molecule has 0 unspecified atom stereocenters. The summed E-state index contributed by atoms with van der Waals surface area (Å²) in [4.78, 5) is 2.60. The summed E-state index contributed by atoms with van der Waals surface area (Å²) in [6, 6.07) is 32.4. The van der Waals surface area contributed by atoms with Crippen molar-refractivity contribution in [2.45, 2.75) is 52.1 Å². The van der Waals surface area contributed by atoms with Crippen LogP contribution in [0.1, 0.15) is 54.5 Å². The van der Waals surface area contributed by atoms with Gasteiger partial charge in [0.2, 0.25) is 0 Å². The van der Waals surface area contributed by atoms with Gasteiger partial charge in [-0.2, -0.15) is 0 Å². The highest BCUT2D eigenvalue weighted by atomic mass is 15.2.